The highest BCUT2D eigenvalue weighted by Crippen LogP contribution is 2.35. The molecule has 0 bridgehead atoms. The van der Waals surface area contributed by atoms with E-state index < -0.39 is 11.6 Å². The first kappa shape index (κ1) is 25.2. The van der Waals surface area contributed by atoms with Crippen LogP contribution in [0.15, 0.2) is 48.5 Å². The van der Waals surface area contributed by atoms with E-state index >= 15 is 0 Å². The normalized spacial score (nSPS) is 16.2. The van der Waals surface area contributed by atoms with Crippen molar-refractivity contribution >= 4 is 29.4 Å². The molecular formula is C27H32N4O5. The smallest absolute Gasteiger partial charge is 0.325 e. The highest BCUT2D eigenvalue weighted by atomic mass is 16.5. The fourth-order valence-electron chi connectivity index (χ4n) is 4.67. The number of rotatable bonds is 10. The molecule has 1 aliphatic heterocycles. The molecule has 1 saturated carbocycles. The van der Waals surface area contributed by atoms with Crippen LogP contribution in [0.1, 0.15) is 43.2 Å². The highest BCUT2D eigenvalue weighted by molar-refractivity contribution is 6.07. The number of anilines is 1. The van der Waals surface area contributed by atoms with Crippen LogP contribution in [0.2, 0.25) is 0 Å². The Bertz CT molecular complexity index is 1130. The van der Waals surface area contributed by atoms with Crippen molar-refractivity contribution in [1.82, 2.24) is 15.5 Å². The minimum absolute atomic E-state index is 0.0760. The number of amides is 5. The first-order valence-corrected chi connectivity index (χ1v) is 12.3. The van der Waals surface area contributed by atoms with Crippen molar-refractivity contribution in [2.75, 3.05) is 25.0 Å². The van der Waals surface area contributed by atoms with E-state index in [0.717, 1.165) is 29.7 Å². The second kappa shape index (κ2) is 11.2. The summed E-state index contributed by atoms with van der Waals surface area (Å²) in [5.74, 6) is -0.0648. The Labute approximate surface area is 210 Å². The molecule has 9 nitrogen and oxygen atoms in total. The lowest BCUT2D eigenvalue weighted by molar-refractivity contribution is -0.131. The summed E-state index contributed by atoms with van der Waals surface area (Å²) in [6.07, 6.45) is 3.89. The number of aryl methyl sites for hydroxylation is 1. The van der Waals surface area contributed by atoms with E-state index in [4.69, 9.17) is 4.74 Å². The van der Waals surface area contributed by atoms with Gasteiger partial charge in [-0.05, 0) is 61.6 Å². The third-order valence-electron chi connectivity index (χ3n) is 6.60. The Morgan fingerprint density at radius 2 is 1.81 bits per heavy atom. The number of ether oxygens (including phenoxy) is 1. The van der Waals surface area contributed by atoms with Crippen LogP contribution in [0.5, 0.6) is 5.75 Å². The molecule has 2 aromatic rings. The van der Waals surface area contributed by atoms with Gasteiger partial charge in [0.05, 0.1) is 0 Å². The molecule has 0 radical (unpaired) electrons. The maximum atomic E-state index is 12.6. The first-order chi connectivity index (χ1) is 17.3. The molecule has 190 valence electrons. The number of nitrogens with one attached hydrogen (secondary N) is 3. The Morgan fingerprint density at radius 1 is 1.06 bits per heavy atom. The molecule has 2 aromatic carbocycles. The summed E-state index contributed by atoms with van der Waals surface area (Å²) in [6, 6.07) is 14.5. The maximum absolute atomic E-state index is 12.6. The number of nitrogens with zero attached hydrogens (tertiary/aromatic N) is 1. The van der Waals surface area contributed by atoms with Crippen LogP contribution in [-0.4, -0.2) is 53.9 Å². The standard InChI is InChI=1S/C27H32N4O5/c1-19-5-4-6-21(17-19)29-24(33)18-36-22-9-7-20(8-10-22)11-15-28-23(32)12-16-31-25(34)27(30-26(31)35)13-2-3-14-27/h4-10,17H,2-3,11-16,18H2,1H3,(H,28,32)(H,29,33)(H,30,35). The lowest BCUT2D eigenvalue weighted by Gasteiger charge is -2.19. The lowest BCUT2D eigenvalue weighted by atomic mass is 9.98. The van der Waals surface area contributed by atoms with Crippen molar-refractivity contribution in [3.8, 4) is 5.75 Å². The molecule has 0 aromatic heterocycles. The topological polar surface area (TPSA) is 117 Å². The zero-order valence-corrected chi connectivity index (χ0v) is 20.5. The minimum Gasteiger partial charge on any atom is -0.484 e. The number of carbonyl (C=O) groups excluding carboxylic acids is 4. The molecule has 1 heterocycles. The number of benzene rings is 2. The molecule has 0 atom stereocenters. The molecular weight excluding hydrogens is 460 g/mol. The van der Waals surface area contributed by atoms with E-state index in [2.05, 4.69) is 16.0 Å². The number of hydrogen-bond donors (Lipinski definition) is 3. The van der Waals surface area contributed by atoms with Crippen molar-refractivity contribution in [2.45, 2.75) is 51.0 Å². The van der Waals surface area contributed by atoms with E-state index in [-0.39, 0.29) is 37.3 Å². The second-order valence-electron chi connectivity index (χ2n) is 9.38. The third kappa shape index (κ3) is 6.21. The van der Waals surface area contributed by atoms with Crippen LogP contribution in [0.4, 0.5) is 10.5 Å². The van der Waals surface area contributed by atoms with Crippen molar-refractivity contribution in [3.63, 3.8) is 0 Å². The van der Waals surface area contributed by atoms with Gasteiger partial charge in [-0.3, -0.25) is 19.3 Å². The van der Waals surface area contributed by atoms with Gasteiger partial charge in [0.25, 0.3) is 11.8 Å². The molecule has 2 aliphatic rings. The second-order valence-corrected chi connectivity index (χ2v) is 9.38. The summed E-state index contributed by atoms with van der Waals surface area (Å²) in [4.78, 5) is 50.3. The van der Waals surface area contributed by atoms with Gasteiger partial charge in [0.15, 0.2) is 6.61 Å². The number of urea groups is 1. The molecule has 1 saturated heterocycles. The summed E-state index contributed by atoms with van der Waals surface area (Å²) in [5, 5.41) is 8.46. The molecule has 5 amide bonds. The monoisotopic (exact) mass is 492 g/mol. The summed E-state index contributed by atoms with van der Waals surface area (Å²) in [5.41, 5.74) is 2.05. The summed E-state index contributed by atoms with van der Waals surface area (Å²) < 4.78 is 5.55. The van der Waals surface area contributed by atoms with Crippen molar-refractivity contribution < 1.29 is 23.9 Å². The Balaban J connectivity index is 1.13. The van der Waals surface area contributed by atoms with Gasteiger partial charge in [-0.1, -0.05) is 37.1 Å². The van der Waals surface area contributed by atoms with E-state index in [0.29, 0.717) is 31.6 Å². The van der Waals surface area contributed by atoms with Crippen molar-refractivity contribution in [1.29, 1.82) is 0 Å². The SMILES string of the molecule is Cc1cccc(NC(=O)COc2ccc(CCNC(=O)CCN3C(=O)NC4(CCCC4)C3=O)cc2)c1. The lowest BCUT2D eigenvalue weighted by Crippen LogP contribution is -2.44. The quantitative estimate of drug-likeness (QED) is 0.441. The Morgan fingerprint density at radius 3 is 2.53 bits per heavy atom. The van der Waals surface area contributed by atoms with Crippen LogP contribution in [0.3, 0.4) is 0 Å². The predicted molar refractivity (Wildman–Crippen MR) is 135 cm³/mol. The van der Waals surface area contributed by atoms with Gasteiger partial charge in [-0.2, -0.15) is 0 Å². The summed E-state index contributed by atoms with van der Waals surface area (Å²) in [7, 11) is 0. The molecule has 4 rings (SSSR count). The van der Waals surface area contributed by atoms with E-state index in [1.54, 1.807) is 12.1 Å². The number of imide groups is 1. The zero-order chi connectivity index (χ0) is 25.5. The Hall–Kier alpha value is -3.88. The first-order valence-electron chi connectivity index (χ1n) is 12.3. The van der Waals surface area contributed by atoms with Gasteiger partial charge in [-0.25, -0.2) is 4.79 Å². The fourth-order valence-corrected chi connectivity index (χ4v) is 4.67. The van der Waals surface area contributed by atoms with E-state index in [1.165, 1.54) is 4.90 Å². The van der Waals surface area contributed by atoms with Gasteiger partial charge in [-0.15, -0.1) is 0 Å². The van der Waals surface area contributed by atoms with Gasteiger partial charge in [0.1, 0.15) is 11.3 Å². The van der Waals surface area contributed by atoms with Crippen LogP contribution in [0, 0.1) is 6.92 Å². The molecule has 3 N–H and O–H groups in total. The maximum Gasteiger partial charge on any atom is 0.325 e. The van der Waals surface area contributed by atoms with E-state index in [1.807, 2.05) is 43.3 Å². The zero-order valence-electron chi connectivity index (χ0n) is 20.5. The molecule has 9 heteroatoms. The largest absolute Gasteiger partial charge is 0.484 e. The Kier molecular flexibility index (Phi) is 7.87. The molecule has 36 heavy (non-hydrogen) atoms. The van der Waals surface area contributed by atoms with Crippen LogP contribution in [-0.2, 0) is 20.8 Å². The van der Waals surface area contributed by atoms with Crippen LogP contribution in [0.25, 0.3) is 0 Å². The molecule has 1 spiro atoms. The fraction of sp³-hybridized carbons (Fsp3) is 0.407. The molecule has 2 fully saturated rings. The van der Waals surface area contributed by atoms with Gasteiger partial charge >= 0.3 is 6.03 Å². The summed E-state index contributed by atoms with van der Waals surface area (Å²) in [6.45, 7) is 2.38. The van der Waals surface area contributed by atoms with Gasteiger partial charge in [0, 0.05) is 25.2 Å². The number of carbonyl (C=O) groups is 4. The summed E-state index contributed by atoms with van der Waals surface area (Å²) >= 11 is 0. The van der Waals surface area contributed by atoms with Crippen LogP contribution < -0.4 is 20.7 Å². The number of hydrogen-bond acceptors (Lipinski definition) is 5. The minimum atomic E-state index is -0.742. The predicted octanol–water partition coefficient (Wildman–Crippen LogP) is 2.93. The average molecular weight is 493 g/mol. The van der Waals surface area contributed by atoms with Gasteiger partial charge in [0.2, 0.25) is 5.91 Å². The average Bonchev–Trinajstić information content (AvgIpc) is 3.41. The molecule has 0 unspecified atom stereocenters. The van der Waals surface area contributed by atoms with Gasteiger partial charge < -0.3 is 20.7 Å². The van der Waals surface area contributed by atoms with Crippen molar-refractivity contribution in [3.05, 3.63) is 59.7 Å². The van der Waals surface area contributed by atoms with Crippen LogP contribution >= 0.6 is 0 Å². The highest BCUT2D eigenvalue weighted by Gasteiger charge is 2.52. The van der Waals surface area contributed by atoms with Crippen molar-refractivity contribution in [2.24, 2.45) is 0 Å². The third-order valence-corrected chi connectivity index (χ3v) is 6.60. The van der Waals surface area contributed by atoms with E-state index in [9.17, 15) is 19.2 Å². The molecule has 1 aliphatic carbocycles.